The molecule has 0 unspecified atom stereocenters. The van der Waals surface area contributed by atoms with Crippen molar-refractivity contribution in [3.63, 3.8) is 0 Å². The van der Waals surface area contributed by atoms with Gasteiger partial charge in [0.1, 0.15) is 0 Å². The van der Waals surface area contributed by atoms with E-state index in [-0.39, 0.29) is 3.12 Å². The zero-order valence-corrected chi connectivity index (χ0v) is 12.5. The van der Waals surface area contributed by atoms with E-state index in [0.29, 0.717) is 24.7 Å². The molecule has 0 saturated carbocycles. The molecule has 14 heavy (non-hydrogen) atoms. The van der Waals surface area contributed by atoms with Crippen molar-refractivity contribution in [2.75, 3.05) is 0 Å². The van der Waals surface area contributed by atoms with E-state index in [1.54, 1.807) is 12.1 Å². The molecule has 0 aliphatic heterocycles. The molecule has 0 radical (unpaired) electrons. The Labute approximate surface area is 96.4 Å². The van der Waals surface area contributed by atoms with E-state index in [2.05, 4.69) is 0 Å². The summed E-state index contributed by atoms with van der Waals surface area (Å²) in [6.45, 7) is 4.08. The zero-order valence-electron chi connectivity index (χ0n) is 8.02. The third-order valence-electron chi connectivity index (χ3n) is 1.96. The van der Waals surface area contributed by atoms with Gasteiger partial charge in [-0.05, 0) is 0 Å². The first-order valence-electron chi connectivity index (χ1n) is 4.18. The molecular formula is C10H12BiF3. The Balaban J connectivity index is 3.02. The topological polar surface area (TPSA) is 0 Å². The van der Waals surface area contributed by atoms with Gasteiger partial charge in [0, 0.05) is 0 Å². The molecule has 0 spiro atoms. The van der Waals surface area contributed by atoms with Crippen molar-refractivity contribution >= 4 is 24.7 Å². The Bertz CT molecular complexity index is 273. The Morgan fingerprint density at radius 2 is 1.29 bits per heavy atom. The van der Waals surface area contributed by atoms with E-state index < -0.39 is 11.7 Å². The molecule has 0 aromatic heterocycles. The van der Waals surface area contributed by atoms with Gasteiger partial charge in [-0.15, -0.1) is 0 Å². The van der Waals surface area contributed by atoms with Crippen molar-refractivity contribution in [1.29, 1.82) is 0 Å². The van der Waals surface area contributed by atoms with E-state index in [1.165, 1.54) is 0 Å². The average molecular weight is 398 g/mol. The first kappa shape index (κ1) is 12.0. The average Bonchev–Trinajstić information content (AvgIpc) is 2.01. The maximum absolute atomic E-state index is 12.2. The first-order valence-corrected chi connectivity index (χ1v) is 6.42. The molecule has 0 bridgehead atoms. The van der Waals surface area contributed by atoms with Crippen molar-refractivity contribution < 1.29 is 13.2 Å². The van der Waals surface area contributed by atoms with Gasteiger partial charge >= 0.3 is 96.4 Å². The Kier molecular flexibility index (Phi) is 3.25. The maximum atomic E-state index is 12.2. The molecule has 0 atom stereocenters. The first-order chi connectivity index (χ1) is 6.21. The second-order valence-corrected chi connectivity index (χ2v) is 9.41. The number of hydrogen-bond acceptors (Lipinski definition) is 0. The molecule has 1 aromatic carbocycles. The van der Waals surface area contributed by atoms with Gasteiger partial charge in [0.15, 0.2) is 0 Å². The Hall–Kier alpha value is -0.107. The fourth-order valence-corrected chi connectivity index (χ4v) is 1.84. The van der Waals surface area contributed by atoms with Crippen LogP contribution in [0.15, 0.2) is 24.3 Å². The van der Waals surface area contributed by atoms with Crippen molar-refractivity contribution in [3.8, 4) is 0 Å². The van der Waals surface area contributed by atoms with Gasteiger partial charge in [-0.2, -0.15) is 0 Å². The van der Waals surface area contributed by atoms with Crippen LogP contribution in [0.4, 0.5) is 13.2 Å². The van der Waals surface area contributed by atoms with Gasteiger partial charge < -0.3 is 0 Å². The standard InChI is InChI=1S/C10H10F3.Bi.2H/c1-7(2)8-3-5-9(6-4-8)10(11,12)13;;;/h3-6H,1-2H3;;;. The van der Waals surface area contributed by atoms with Crippen molar-refractivity contribution in [3.05, 3.63) is 35.4 Å². The summed E-state index contributed by atoms with van der Waals surface area (Å²) < 4.78 is 36.7. The number of rotatable bonds is 1. The van der Waals surface area contributed by atoms with Gasteiger partial charge in [-0.3, -0.25) is 0 Å². The van der Waals surface area contributed by atoms with Crippen LogP contribution in [0.3, 0.4) is 0 Å². The Morgan fingerprint density at radius 1 is 0.929 bits per heavy atom. The van der Waals surface area contributed by atoms with E-state index in [9.17, 15) is 13.2 Å². The van der Waals surface area contributed by atoms with Crippen LogP contribution >= 0.6 is 0 Å². The van der Waals surface area contributed by atoms with Gasteiger partial charge in [0.05, 0.1) is 0 Å². The number of benzene rings is 1. The van der Waals surface area contributed by atoms with Crippen LogP contribution in [0.1, 0.15) is 25.0 Å². The fraction of sp³-hybridized carbons (Fsp3) is 0.400. The molecule has 0 N–H and O–H groups in total. The van der Waals surface area contributed by atoms with Crippen LogP contribution < -0.4 is 0 Å². The van der Waals surface area contributed by atoms with Gasteiger partial charge in [0.2, 0.25) is 0 Å². The monoisotopic (exact) mass is 398 g/mol. The molecule has 0 nitrogen and oxygen atoms in total. The van der Waals surface area contributed by atoms with Gasteiger partial charge in [0.25, 0.3) is 0 Å². The van der Waals surface area contributed by atoms with Crippen LogP contribution in [0.5, 0.6) is 0 Å². The molecule has 0 aliphatic carbocycles. The predicted molar refractivity (Wildman–Crippen MR) is 53.0 cm³/mol. The molecule has 0 amide bonds. The molecule has 0 heterocycles. The molecule has 4 heteroatoms. The summed E-state index contributed by atoms with van der Waals surface area (Å²) in [6.07, 6.45) is -4.23. The molecule has 0 fully saturated rings. The quantitative estimate of drug-likeness (QED) is 0.639. The van der Waals surface area contributed by atoms with Crippen LogP contribution in [-0.4, -0.2) is 24.7 Å². The third kappa shape index (κ3) is 2.94. The molecular weight excluding hydrogens is 386 g/mol. The number of hydrogen-bond donors (Lipinski definition) is 0. The summed E-state index contributed by atoms with van der Waals surface area (Å²) in [4.78, 5) is 0. The van der Waals surface area contributed by atoms with Crippen LogP contribution in [0, 0.1) is 0 Å². The summed E-state index contributed by atoms with van der Waals surface area (Å²) in [7, 11) is 0. The van der Waals surface area contributed by atoms with Crippen molar-refractivity contribution in [2.45, 2.75) is 23.1 Å². The Morgan fingerprint density at radius 3 is 1.57 bits per heavy atom. The molecule has 1 aromatic rings. The summed E-state index contributed by atoms with van der Waals surface area (Å²) in [5.74, 6) is 0. The van der Waals surface area contributed by atoms with E-state index >= 15 is 0 Å². The molecule has 0 aliphatic rings. The fourth-order valence-electron chi connectivity index (χ4n) is 1.09. The van der Waals surface area contributed by atoms with Crippen LogP contribution in [-0.2, 0) is 9.30 Å². The predicted octanol–water partition coefficient (Wildman–Crippen LogP) is 2.57. The van der Waals surface area contributed by atoms with E-state index in [4.69, 9.17) is 0 Å². The van der Waals surface area contributed by atoms with Gasteiger partial charge in [-0.25, -0.2) is 0 Å². The normalized spacial score (nSPS) is 13.0. The third-order valence-corrected chi connectivity index (χ3v) is 3.25. The van der Waals surface area contributed by atoms with Crippen molar-refractivity contribution in [2.24, 2.45) is 0 Å². The number of halogens is 3. The minimum atomic E-state index is -4.23. The molecule has 78 valence electrons. The summed E-state index contributed by atoms with van der Waals surface area (Å²) >= 11 is 0.712. The molecule has 1 rings (SSSR count). The van der Waals surface area contributed by atoms with Crippen LogP contribution in [0.2, 0.25) is 0 Å². The van der Waals surface area contributed by atoms with E-state index in [1.807, 2.05) is 13.8 Å². The molecule has 0 saturated heterocycles. The second kappa shape index (κ2) is 3.80. The summed E-state index contributed by atoms with van der Waals surface area (Å²) in [5.41, 5.74) is 0.408. The minimum absolute atomic E-state index is 0.0597. The second-order valence-electron chi connectivity index (χ2n) is 3.80. The van der Waals surface area contributed by atoms with Crippen molar-refractivity contribution in [1.82, 2.24) is 0 Å². The van der Waals surface area contributed by atoms with E-state index in [0.717, 1.165) is 17.7 Å². The van der Waals surface area contributed by atoms with Crippen LogP contribution in [0.25, 0.3) is 0 Å². The van der Waals surface area contributed by atoms with Gasteiger partial charge in [-0.1, -0.05) is 0 Å². The summed E-state index contributed by atoms with van der Waals surface area (Å²) in [5, 5.41) is 0. The summed E-state index contributed by atoms with van der Waals surface area (Å²) in [6, 6.07) is 5.45. The number of alkyl halides is 3. The zero-order chi connectivity index (χ0) is 11.0. The SMILES string of the molecule is C[C](C)([BiH2])c1ccc(C(F)(F)F)cc1.